The molecule has 1 unspecified atom stereocenters. The molecular weight excluding hydrogens is 246 g/mol. The predicted octanol–water partition coefficient (Wildman–Crippen LogP) is 2.97. The van der Waals surface area contributed by atoms with Crippen molar-refractivity contribution in [3.05, 3.63) is 52.8 Å². The van der Waals surface area contributed by atoms with E-state index in [1.165, 1.54) is 5.56 Å². The van der Waals surface area contributed by atoms with E-state index < -0.39 is 0 Å². The maximum Gasteiger partial charge on any atom is 0.0637 e. The zero-order valence-corrected chi connectivity index (χ0v) is 11.5. The molecule has 0 saturated heterocycles. The Kier molecular flexibility index (Phi) is 4.39. The van der Waals surface area contributed by atoms with Crippen LogP contribution in [0.25, 0.3) is 0 Å². The number of aromatic nitrogens is 2. The summed E-state index contributed by atoms with van der Waals surface area (Å²) in [5, 5.41) is 8.61. The molecule has 1 atom stereocenters. The first-order chi connectivity index (χ1) is 8.65. The maximum atomic E-state index is 5.87. The molecule has 0 saturated carbocycles. The fourth-order valence-corrected chi connectivity index (χ4v) is 2.01. The standard InChI is InChI=1S/C14H18ClN3/c1-11(12-3-5-13(15)6-4-12)16-9-7-14-8-10-18(2)17-14/h3-6,8,10-11,16H,7,9H2,1-2H3. The third-order valence-electron chi connectivity index (χ3n) is 2.97. The molecule has 0 aliphatic rings. The summed E-state index contributed by atoms with van der Waals surface area (Å²) in [6.45, 7) is 3.07. The van der Waals surface area contributed by atoms with Crippen molar-refractivity contribution < 1.29 is 0 Å². The van der Waals surface area contributed by atoms with Gasteiger partial charge in [0.25, 0.3) is 0 Å². The lowest BCUT2D eigenvalue weighted by atomic mass is 10.1. The van der Waals surface area contributed by atoms with Crippen LogP contribution >= 0.6 is 11.6 Å². The number of hydrogen-bond acceptors (Lipinski definition) is 2. The molecule has 0 aliphatic carbocycles. The Hall–Kier alpha value is -1.32. The number of nitrogens with one attached hydrogen (secondary N) is 1. The highest BCUT2D eigenvalue weighted by atomic mass is 35.5. The van der Waals surface area contributed by atoms with Gasteiger partial charge in [0, 0.05) is 37.3 Å². The molecule has 2 aromatic rings. The van der Waals surface area contributed by atoms with Gasteiger partial charge in [-0.05, 0) is 30.7 Å². The monoisotopic (exact) mass is 263 g/mol. The summed E-state index contributed by atoms with van der Waals surface area (Å²) in [4.78, 5) is 0. The molecule has 96 valence electrons. The second kappa shape index (κ2) is 6.03. The van der Waals surface area contributed by atoms with E-state index >= 15 is 0 Å². The second-order valence-corrected chi connectivity index (χ2v) is 4.89. The van der Waals surface area contributed by atoms with Crippen LogP contribution in [0.4, 0.5) is 0 Å². The Balaban J connectivity index is 1.81. The Morgan fingerprint density at radius 2 is 2.00 bits per heavy atom. The Morgan fingerprint density at radius 3 is 2.61 bits per heavy atom. The van der Waals surface area contributed by atoms with Crippen LogP contribution < -0.4 is 5.32 Å². The van der Waals surface area contributed by atoms with E-state index in [-0.39, 0.29) is 0 Å². The van der Waals surface area contributed by atoms with E-state index in [4.69, 9.17) is 11.6 Å². The van der Waals surface area contributed by atoms with Gasteiger partial charge in [-0.25, -0.2) is 0 Å². The Morgan fingerprint density at radius 1 is 1.28 bits per heavy atom. The maximum absolute atomic E-state index is 5.87. The number of nitrogens with zero attached hydrogens (tertiary/aromatic N) is 2. The second-order valence-electron chi connectivity index (χ2n) is 4.46. The molecule has 0 radical (unpaired) electrons. The van der Waals surface area contributed by atoms with Crippen LogP contribution in [0.15, 0.2) is 36.5 Å². The van der Waals surface area contributed by atoms with Gasteiger partial charge < -0.3 is 5.32 Å². The lowest BCUT2D eigenvalue weighted by Crippen LogP contribution is -2.21. The summed E-state index contributed by atoms with van der Waals surface area (Å²) >= 11 is 5.87. The van der Waals surface area contributed by atoms with E-state index in [1.54, 1.807) is 0 Å². The van der Waals surface area contributed by atoms with Gasteiger partial charge in [-0.1, -0.05) is 23.7 Å². The summed E-state index contributed by atoms with van der Waals surface area (Å²) in [7, 11) is 1.94. The van der Waals surface area contributed by atoms with Gasteiger partial charge in [0.15, 0.2) is 0 Å². The van der Waals surface area contributed by atoms with Crippen molar-refractivity contribution in [2.75, 3.05) is 6.54 Å². The zero-order chi connectivity index (χ0) is 13.0. The van der Waals surface area contributed by atoms with E-state index in [2.05, 4.69) is 35.5 Å². The quantitative estimate of drug-likeness (QED) is 0.899. The third kappa shape index (κ3) is 3.59. The first-order valence-electron chi connectivity index (χ1n) is 6.12. The summed E-state index contributed by atoms with van der Waals surface area (Å²) in [5.74, 6) is 0. The van der Waals surface area contributed by atoms with E-state index in [0.29, 0.717) is 6.04 Å². The molecule has 0 aliphatic heterocycles. The minimum atomic E-state index is 0.325. The normalized spacial score (nSPS) is 12.6. The highest BCUT2D eigenvalue weighted by Crippen LogP contribution is 2.15. The Labute approximate surface area is 113 Å². The van der Waals surface area contributed by atoms with Gasteiger partial charge in [-0.15, -0.1) is 0 Å². The van der Waals surface area contributed by atoms with Crippen LogP contribution in [0.1, 0.15) is 24.2 Å². The molecule has 0 amide bonds. The minimum Gasteiger partial charge on any atom is -0.310 e. The van der Waals surface area contributed by atoms with Gasteiger partial charge in [-0.3, -0.25) is 4.68 Å². The van der Waals surface area contributed by atoms with Crippen molar-refractivity contribution >= 4 is 11.6 Å². The number of aryl methyl sites for hydroxylation is 1. The topological polar surface area (TPSA) is 29.9 Å². The predicted molar refractivity (Wildman–Crippen MR) is 74.8 cm³/mol. The smallest absolute Gasteiger partial charge is 0.0637 e. The fourth-order valence-electron chi connectivity index (χ4n) is 1.88. The van der Waals surface area contributed by atoms with Crippen molar-refractivity contribution in [3.8, 4) is 0 Å². The van der Waals surface area contributed by atoms with Gasteiger partial charge in [0.1, 0.15) is 0 Å². The zero-order valence-electron chi connectivity index (χ0n) is 10.7. The van der Waals surface area contributed by atoms with Crippen LogP contribution in [0.3, 0.4) is 0 Å². The molecule has 1 N–H and O–H groups in total. The van der Waals surface area contributed by atoms with E-state index in [1.807, 2.05) is 30.1 Å². The number of halogens is 1. The van der Waals surface area contributed by atoms with Crippen molar-refractivity contribution in [1.29, 1.82) is 0 Å². The molecule has 0 bridgehead atoms. The number of rotatable bonds is 5. The fraction of sp³-hybridized carbons (Fsp3) is 0.357. The van der Waals surface area contributed by atoms with Gasteiger partial charge in [0.2, 0.25) is 0 Å². The van der Waals surface area contributed by atoms with Crippen LogP contribution in [-0.2, 0) is 13.5 Å². The largest absolute Gasteiger partial charge is 0.310 e. The molecule has 0 fully saturated rings. The highest BCUT2D eigenvalue weighted by Gasteiger charge is 2.04. The molecule has 0 spiro atoms. The first-order valence-corrected chi connectivity index (χ1v) is 6.50. The van der Waals surface area contributed by atoms with Crippen LogP contribution in [0, 0.1) is 0 Å². The third-order valence-corrected chi connectivity index (χ3v) is 3.22. The van der Waals surface area contributed by atoms with Crippen LogP contribution in [0.2, 0.25) is 5.02 Å². The molecular formula is C14H18ClN3. The van der Waals surface area contributed by atoms with Crippen molar-refractivity contribution in [2.45, 2.75) is 19.4 Å². The van der Waals surface area contributed by atoms with Crippen LogP contribution in [-0.4, -0.2) is 16.3 Å². The van der Waals surface area contributed by atoms with Crippen molar-refractivity contribution in [2.24, 2.45) is 7.05 Å². The number of hydrogen-bond donors (Lipinski definition) is 1. The van der Waals surface area contributed by atoms with E-state index in [9.17, 15) is 0 Å². The highest BCUT2D eigenvalue weighted by molar-refractivity contribution is 6.30. The lowest BCUT2D eigenvalue weighted by Gasteiger charge is -2.13. The van der Waals surface area contributed by atoms with Gasteiger partial charge in [0.05, 0.1) is 5.69 Å². The molecule has 1 heterocycles. The molecule has 4 heteroatoms. The lowest BCUT2D eigenvalue weighted by molar-refractivity contribution is 0.571. The van der Waals surface area contributed by atoms with E-state index in [0.717, 1.165) is 23.7 Å². The molecule has 2 rings (SSSR count). The summed E-state index contributed by atoms with van der Waals surface area (Å²) in [5.41, 5.74) is 2.37. The molecule has 1 aromatic carbocycles. The SMILES string of the molecule is CC(NCCc1ccn(C)n1)c1ccc(Cl)cc1. The average Bonchev–Trinajstić information content (AvgIpc) is 2.76. The van der Waals surface area contributed by atoms with Crippen molar-refractivity contribution in [3.63, 3.8) is 0 Å². The number of benzene rings is 1. The summed E-state index contributed by atoms with van der Waals surface area (Å²) < 4.78 is 1.83. The minimum absolute atomic E-state index is 0.325. The summed E-state index contributed by atoms with van der Waals surface area (Å²) in [6, 6.07) is 10.3. The summed E-state index contributed by atoms with van der Waals surface area (Å²) in [6.07, 6.45) is 2.91. The first kappa shape index (κ1) is 13.1. The molecule has 18 heavy (non-hydrogen) atoms. The Bertz CT molecular complexity index is 490. The molecule has 3 nitrogen and oxygen atoms in total. The average molecular weight is 264 g/mol. The van der Waals surface area contributed by atoms with Gasteiger partial charge in [-0.2, -0.15) is 5.10 Å². The van der Waals surface area contributed by atoms with Crippen LogP contribution in [0.5, 0.6) is 0 Å². The van der Waals surface area contributed by atoms with Gasteiger partial charge >= 0.3 is 0 Å². The molecule has 1 aromatic heterocycles. The van der Waals surface area contributed by atoms with Crippen molar-refractivity contribution in [1.82, 2.24) is 15.1 Å².